The Bertz CT molecular complexity index is 1050. The van der Waals surface area contributed by atoms with Crippen LogP contribution in [0.4, 0.5) is 5.82 Å². The maximum Gasteiger partial charge on any atom is 0.279 e. The van der Waals surface area contributed by atoms with Crippen LogP contribution < -0.4 is 14.8 Å². The Morgan fingerprint density at radius 3 is 2.61 bits per heavy atom. The second-order valence-corrected chi connectivity index (χ2v) is 8.61. The summed E-state index contributed by atoms with van der Waals surface area (Å²) in [5.74, 6) is -0.135. The van der Waals surface area contributed by atoms with Gasteiger partial charge in [0.1, 0.15) is 0 Å². The number of hydrogen-bond donors (Lipinski definition) is 2. The van der Waals surface area contributed by atoms with Gasteiger partial charge in [-0.1, -0.05) is 17.3 Å². The summed E-state index contributed by atoms with van der Waals surface area (Å²) in [4.78, 5) is 26.5. The SMILES string of the molecule is COCCNS(=O)(=O)c1ccc(/C(=N\O[C@@H]2CCOC2)C(=O)Nc2cnc(OC)cn2)cc1. The van der Waals surface area contributed by atoms with Gasteiger partial charge in [-0.3, -0.25) is 4.79 Å². The van der Waals surface area contributed by atoms with E-state index in [-0.39, 0.29) is 35.7 Å². The number of nitrogens with one attached hydrogen (secondary N) is 2. The molecule has 12 nitrogen and oxygen atoms in total. The van der Waals surface area contributed by atoms with Gasteiger partial charge in [0.2, 0.25) is 15.9 Å². The van der Waals surface area contributed by atoms with Crippen molar-refractivity contribution in [1.29, 1.82) is 0 Å². The molecule has 1 aliphatic rings. The zero-order chi connectivity index (χ0) is 23.7. The van der Waals surface area contributed by atoms with Crippen LogP contribution in [0.2, 0.25) is 0 Å². The van der Waals surface area contributed by atoms with Crippen LogP contribution in [0.25, 0.3) is 0 Å². The third-order valence-electron chi connectivity index (χ3n) is 4.51. The van der Waals surface area contributed by atoms with Gasteiger partial charge < -0.3 is 24.4 Å². The van der Waals surface area contributed by atoms with Crippen LogP contribution in [-0.2, 0) is 29.1 Å². The maximum absolute atomic E-state index is 12.9. The van der Waals surface area contributed by atoms with E-state index in [9.17, 15) is 13.2 Å². The quantitative estimate of drug-likeness (QED) is 0.268. The van der Waals surface area contributed by atoms with Crippen molar-refractivity contribution in [3.63, 3.8) is 0 Å². The van der Waals surface area contributed by atoms with Gasteiger partial charge in [-0.25, -0.2) is 23.1 Å². The highest BCUT2D eigenvalue weighted by Gasteiger charge is 2.22. The van der Waals surface area contributed by atoms with Gasteiger partial charge in [-0.15, -0.1) is 0 Å². The van der Waals surface area contributed by atoms with E-state index in [1.54, 1.807) is 0 Å². The number of anilines is 1. The molecule has 0 saturated carbocycles. The summed E-state index contributed by atoms with van der Waals surface area (Å²) in [5.41, 5.74) is 0.291. The summed E-state index contributed by atoms with van der Waals surface area (Å²) in [7, 11) is -0.793. The average molecular weight is 480 g/mol. The molecule has 3 rings (SSSR count). The minimum Gasteiger partial charge on any atom is -0.480 e. The Morgan fingerprint density at radius 2 is 2.00 bits per heavy atom. The van der Waals surface area contributed by atoms with E-state index >= 15 is 0 Å². The highest BCUT2D eigenvalue weighted by Crippen LogP contribution is 2.15. The summed E-state index contributed by atoms with van der Waals surface area (Å²) in [6.45, 7) is 1.29. The fourth-order valence-corrected chi connectivity index (χ4v) is 3.78. The molecule has 0 unspecified atom stereocenters. The average Bonchev–Trinajstić information content (AvgIpc) is 3.34. The summed E-state index contributed by atoms with van der Waals surface area (Å²) < 4.78 is 42.2. The number of carbonyl (C=O) groups is 1. The van der Waals surface area contributed by atoms with Crippen LogP contribution in [0.3, 0.4) is 0 Å². The lowest BCUT2D eigenvalue weighted by Crippen LogP contribution is -2.28. The van der Waals surface area contributed by atoms with Crippen molar-refractivity contribution in [2.45, 2.75) is 17.4 Å². The van der Waals surface area contributed by atoms with Crippen molar-refractivity contribution in [2.24, 2.45) is 5.16 Å². The molecule has 2 aromatic rings. The number of benzene rings is 1. The van der Waals surface area contributed by atoms with Crippen molar-refractivity contribution in [3.8, 4) is 5.88 Å². The van der Waals surface area contributed by atoms with E-state index in [4.69, 9.17) is 19.0 Å². The van der Waals surface area contributed by atoms with Gasteiger partial charge in [0.25, 0.3) is 5.91 Å². The number of hydrogen-bond acceptors (Lipinski definition) is 10. The smallest absolute Gasteiger partial charge is 0.279 e. The highest BCUT2D eigenvalue weighted by molar-refractivity contribution is 7.89. The number of rotatable bonds is 11. The summed E-state index contributed by atoms with van der Waals surface area (Å²) in [5, 5.41) is 6.62. The van der Waals surface area contributed by atoms with Crippen LogP contribution in [0.5, 0.6) is 5.88 Å². The molecule has 1 aromatic carbocycles. The van der Waals surface area contributed by atoms with Crippen molar-refractivity contribution in [2.75, 3.05) is 45.9 Å². The first-order valence-electron chi connectivity index (χ1n) is 10.0. The van der Waals surface area contributed by atoms with E-state index in [1.165, 1.54) is 50.9 Å². The molecule has 33 heavy (non-hydrogen) atoms. The second-order valence-electron chi connectivity index (χ2n) is 6.84. The third-order valence-corrected chi connectivity index (χ3v) is 5.99. The molecule has 178 valence electrons. The topological polar surface area (TPSA) is 150 Å². The molecule has 0 bridgehead atoms. The minimum atomic E-state index is -3.72. The largest absolute Gasteiger partial charge is 0.480 e. The number of methoxy groups -OCH3 is 2. The molecule has 13 heteroatoms. The number of nitrogens with zero attached hydrogens (tertiary/aromatic N) is 3. The van der Waals surface area contributed by atoms with E-state index < -0.39 is 15.9 Å². The zero-order valence-electron chi connectivity index (χ0n) is 18.2. The predicted octanol–water partition coefficient (Wildman–Crippen LogP) is 0.558. The van der Waals surface area contributed by atoms with Gasteiger partial charge in [0, 0.05) is 25.6 Å². The number of oxime groups is 1. The molecule has 0 radical (unpaired) electrons. The third kappa shape index (κ3) is 6.92. The summed E-state index contributed by atoms with van der Waals surface area (Å²) in [6, 6.07) is 5.69. The van der Waals surface area contributed by atoms with E-state index in [0.29, 0.717) is 31.1 Å². The fraction of sp³-hybridized carbons (Fsp3) is 0.400. The number of carbonyl (C=O) groups excluding carboxylic acids is 1. The molecule has 2 N–H and O–H groups in total. The molecular weight excluding hydrogens is 454 g/mol. The maximum atomic E-state index is 12.9. The lowest BCUT2D eigenvalue weighted by molar-refractivity contribution is -0.110. The normalized spacial score (nSPS) is 16.4. The van der Waals surface area contributed by atoms with Crippen LogP contribution in [-0.4, -0.2) is 76.7 Å². The Hall–Kier alpha value is -3.13. The molecule has 0 aliphatic carbocycles. The Kier molecular flexibility index (Phi) is 8.65. The summed E-state index contributed by atoms with van der Waals surface area (Å²) in [6.07, 6.45) is 3.06. The molecular formula is C20H25N5O7S. The van der Waals surface area contributed by atoms with Crippen LogP contribution >= 0.6 is 0 Å². The van der Waals surface area contributed by atoms with Crippen molar-refractivity contribution < 1.29 is 32.3 Å². The molecule has 2 heterocycles. The first kappa shape index (κ1) is 24.5. The fourth-order valence-electron chi connectivity index (χ4n) is 2.76. The van der Waals surface area contributed by atoms with Crippen LogP contribution in [0, 0.1) is 0 Å². The number of ether oxygens (including phenoxy) is 3. The lowest BCUT2D eigenvalue weighted by Gasteiger charge is -2.11. The van der Waals surface area contributed by atoms with Gasteiger partial charge in [0.15, 0.2) is 17.6 Å². The Labute approximate surface area is 191 Å². The molecule has 0 spiro atoms. The second kappa shape index (κ2) is 11.7. The van der Waals surface area contributed by atoms with Gasteiger partial charge in [-0.2, -0.15) is 0 Å². The van der Waals surface area contributed by atoms with Gasteiger partial charge >= 0.3 is 0 Å². The van der Waals surface area contributed by atoms with Crippen molar-refractivity contribution >= 4 is 27.5 Å². The zero-order valence-corrected chi connectivity index (χ0v) is 19.0. The van der Waals surface area contributed by atoms with Gasteiger partial charge in [0.05, 0.1) is 44.2 Å². The van der Waals surface area contributed by atoms with E-state index in [2.05, 4.69) is 25.2 Å². The van der Waals surface area contributed by atoms with Crippen LogP contribution in [0.1, 0.15) is 12.0 Å². The highest BCUT2D eigenvalue weighted by atomic mass is 32.2. The monoisotopic (exact) mass is 479 g/mol. The summed E-state index contributed by atoms with van der Waals surface area (Å²) >= 11 is 0. The molecule has 1 saturated heterocycles. The molecule has 1 amide bonds. The predicted molar refractivity (Wildman–Crippen MR) is 118 cm³/mol. The first-order valence-corrected chi connectivity index (χ1v) is 11.5. The first-order chi connectivity index (χ1) is 15.9. The Balaban J connectivity index is 1.80. The van der Waals surface area contributed by atoms with Crippen molar-refractivity contribution in [3.05, 3.63) is 42.2 Å². The van der Waals surface area contributed by atoms with Crippen molar-refractivity contribution in [1.82, 2.24) is 14.7 Å². The number of sulfonamides is 1. The minimum absolute atomic E-state index is 0.0354. The van der Waals surface area contributed by atoms with Crippen LogP contribution in [0.15, 0.2) is 46.7 Å². The Morgan fingerprint density at radius 1 is 1.21 bits per heavy atom. The number of amides is 1. The van der Waals surface area contributed by atoms with Gasteiger partial charge in [-0.05, 0) is 12.1 Å². The lowest BCUT2D eigenvalue weighted by atomic mass is 10.1. The molecule has 1 aliphatic heterocycles. The standard InChI is InChI=1S/C20H25N5O7S/c1-29-10-8-23-33(27,28)16-5-3-14(4-6-16)19(25-32-15-7-9-31-13-15)20(26)24-17-11-22-18(30-2)12-21-17/h3-6,11-12,15,23H,7-10,13H2,1-2H3,(H,21,24,26)/b25-19+/t15-/m1/s1. The van der Waals surface area contributed by atoms with E-state index in [0.717, 1.165) is 0 Å². The molecule has 1 aromatic heterocycles. The number of aromatic nitrogens is 2. The molecule has 1 fully saturated rings. The molecule has 1 atom stereocenters. The van der Waals surface area contributed by atoms with E-state index in [1.807, 2.05) is 0 Å².